The molecule has 8 heavy (non-hydrogen) atoms. The fourth-order valence-corrected chi connectivity index (χ4v) is 0. The summed E-state index contributed by atoms with van der Waals surface area (Å²) in [4.78, 5) is -1.11. The SMILES string of the molecule is CC(C)(Cl)C([O])(Cl)Cl. The lowest BCUT2D eigenvalue weighted by Gasteiger charge is -2.22. The quantitative estimate of drug-likeness (QED) is 0.547. The summed E-state index contributed by atoms with van der Waals surface area (Å²) in [6.45, 7) is 2.92. The number of rotatable bonds is 1. The maximum absolute atomic E-state index is 10.5. The Morgan fingerprint density at radius 3 is 1.25 bits per heavy atom. The Labute approximate surface area is 63.5 Å². The van der Waals surface area contributed by atoms with Crippen LogP contribution in [0, 0.1) is 0 Å². The molecule has 0 aromatic carbocycles. The van der Waals surface area contributed by atoms with Crippen molar-refractivity contribution in [2.24, 2.45) is 0 Å². The van der Waals surface area contributed by atoms with Crippen LogP contribution in [0.1, 0.15) is 13.8 Å². The average molecular weight is 176 g/mol. The van der Waals surface area contributed by atoms with Crippen LogP contribution in [0.4, 0.5) is 0 Å². The van der Waals surface area contributed by atoms with Crippen LogP contribution in [-0.2, 0) is 5.11 Å². The van der Waals surface area contributed by atoms with Gasteiger partial charge < -0.3 is 0 Å². The fraction of sp³-hybridized carbons (Fsp3) is 1.00. The molecule has 0 bridgehead atoms. The predicted molar refractivity (Wildman–Crippen MR) is 35.1 cm³/mol. The molecule has 0 aliphatic rings. The molecule has 0 rings (SSSR count). The molecule has 4 heteroatoms. The summed E-state index contributed by atoms with van der Waals surface area (Å²) in [5.74, 6) is 0. The van der Waals surface area contributed by atoms with Crippen LogP contribution in [0.2, 0.25) is 0 Å². The molecule has 0 aromatic heterocycles. The summed E-state index contributed by atoms with van der Waals surface area (Å²) in [6.07, 6.45) is 0. The van der Waals surface area contributed by atoms with E-state index < -0.39 is 9.39 Å². The van der Waals surface area contributed by atoms with Crippen LogP contribution in [0.3, 0.4) is 0 Å². The second kappa shape index (κ2) is 2.22. The van der Waals surface area contributed by atoms with Crippen molar-refractivity contribution < 1.29 is 5.11 Å². The van der Waals surface area contributed by atoms with E-state index >= 15 is 0 Å². The third kappa shape index (κ3) is 2.40. The highest BCUT2D eigenvalue weighted by atomic mass is 35.5. The van der Waals surface area contributed by atoms with Gasteiger partial charge >= 0.3 is 0 Å². The highest BCUT2D eigenvalue weighted by molar-refractivity contribution is 6.51. The zero-order valence-corrected chi connectivity index (χ0v) is 6.81. The first-order chi connectivity index (χ1) is 3.25. The Kier molecular flexibility index (Phi) is 2.45. The smallest absolute Gasteiger partial charge is 0.192 e. The summed E-state index contributed by atoms with van der Waals surface area (Å²) in [7, 11) is 0. The van der Waals surface area contributed by atoms with E-state index in [9.17, 15) is 5.11 Å². The maximum atomic E-state index is 10.5. The number of hydrogen-bond donors (Lipinski definition) is 0. The third-order valence-electron chi connectivity index (χ3n) is 0.692. The first-order valence-corrected chi connectivity index (χ1v) is 3.15. The highest BCUT2D eigenvalue weighted by Crippen LogP contribution is 2.36. The molecule has 1 radical (unpaired) electrons. The van der Waals surface area contributed by atoms with Gasteiger partial charge in [0.05, 0.1) is 4.87 Å². The van der Waals surface area contributed by atoms with Gasteiger partial charge in [-0.25, -0.2) is 0 Å². The number of alkyl halides is 3. The van der Waals surface area contributed by atoms with Crippen LogP contribution in [-0.4, -0.2) is 9.39 Å². The molecule has 49 valence electrons. The van der Waals surface area contributed by atoms with Crippen molar-refractivity contribution in [1.82, 2.24) is 0 Å². The van der Waals surface area contributed by atoms with Crippen LogP contribution >= 0.6 is 34.8 Å². The van der Waals surface area contributed by atoms with Gasteiger partial charge in [-0.05, 0) is 13.8 Å². The number of hydrogen-bond acceptors (Lipinski definition) is 0. The van der Waals surface area contributed by atoms with Gasteiger partial charge in [0, 0.05) is 0 Å². The van der Waals surface area contributed by atoms with E-state index in [4.69, 9.17) is 34.8 Å². The normalized spacial score (nSPS) is 14.2. The minimum atomic E-state index is -2.10. The van der Waals surface area contributed by atoms with Gasteiger partial charge in [-0.3, -0.25) is 0 Å². The zero-order valence-electron chi connectivity index (χ0n) is 4.54. The third-order valence-corrected chi connectivity index (χ3v) is 2.10. The van der Waals surface area contributed by atoms with Gasteiger partial charge in [0.1, 0.15) is 0 Å². The summed E-state index contributed by atoms with van der Waals surface area (Å²) in [5, 5.41) is 10.5. The van der Waals surface area contributed by atoms with Crippen LogP contribution in [0.5, 0.6) is 0 Å². The van der Waals surface area contributed by atoms with Gasteiger partial charge in [0.25, 0.3) is 4.52 Å². The summed E-state index contributed by atoms with van der Waals surface area (Å²) < 4.78 is -2.10. The van der Waals surface area contributed by atoms with Gasteiger partial charge in [-0.2, -0.15) is 5.11 Å². The molecule has 0 saturated heterocycles. The minimum absolute atomic E-state index is 1.11. The van der Waals surface area contributed by atoms with Gasteiger partial charge in [-0.15, -0.1) is 11.6 Å². The standard InChI is InChI=1S/C4H6Cl3O/c1-3(2,5)4(6,7)8/h1-2H3. The fourth-order valence-electron chi connectivity index (χ4n) is 0. The van der Waals surface area contributed by atoms with E-state index in [1.54, 1.807) is 0 Å². The molecule has 0 heterocycles. The van der Waals surface area contributed by atoms with E-state index in [0.29, 0.717) is 0 Å². The Balaban J connectivity index is 4.02. The van der Waals surface area contributed by atoms with Crippen molar-refractivity contribution >= 4 is 34.8 Å². The molecule has 0 fully saturated rings. The lowest BCUT2D eigenvalue weighted by Crippen LogP contribution is -2.33. The van der Waals surface area contributed by atoms with Crippen molar-refractivity contribution in [3.8, 4) is 0 Å². The van der Waals surface area contributed by atoms with Crippen molar-refractivity contribution in [2.75, 3.05) is 0 Å². The van der Waals surface area contributed by atoms with Crippen molar-refractivity contribution in [3.63, 3.8) is 0 Å². The molecular formula is C4H6Cl3O. The van der Waals surface area contributed by atoms with E-state index in [1.165, 1.54) is 13.8 Å². The number of halogens is 3. The van der Waals surface area contributed by atoms with Crippen molar-refractivity contribution in [3.05, 3.63) is 0 Å². The Bertz CT molecular complexity index is 66.3. The molecule has 0 unspecified atom stereocenters. The Morgan fingerprint density at radius 1 is 1.12 bits per heavy atom. The molecular weight excluding hydrogens is 170 g/mol. The average Bonchev–Trinajstić information content (AvgIpc) is 1.25. The molecule has 0 aliphatic heterocycles. The predicted octanol–water partition coefficient (Wildman–Crippen LogP) is 2.57. The first kappa shape index (κ1) is 8.83. The van der Waals surface area contributed by atoms with Crippen LogP contribution in [0.15, 0.2) is 0 Å². The lowest BCUT2D eigenvalue weighted by atomic mass is 10.2. The summed E-state index contributed by atoms with van der Waals surface area (Å²) in [5.41, 5.74) is 0. The van der Waals surface area contributed by atoms with Crippen molar-refractivity contribution in [1.29, 1.82) is 0 Å². The zero-order chi connectivity index (χ0) is 7.00. The Morgan fingerprint density at radius 2 is 1.25 bits per heavy atom. The van der Waals surface area contributed by atoms with Gasteiger partial charge in [0.15, 0.2) is 0 Å². The van der Waals surface area contributed by atoms with Crippen LogP contribution in [0.25, 0.3) is 0 Å². The van der Waals surface area contributed by atoms with E-state index in [0.717, 1.165) is 0 Å². The first-order valence-electron chi connectivity index (χ1n) is 2.02. The second-order valence-corrected chi connectivity index (χ2v) is 4.19. The summed E-state index contributed by atoms with van der Waals surface area (Å²) >= 11 is 15.6. The summed E-state index contributed by atoms with van der Waals surface area (Å²) in [6, 6.07) is 0. The van der Waals surface area contributed by atoms with E-state index in [-0.39, 0.29) is 0 Å². The highest BCUT2D eigenvalue weighted by Gasteiger charge is 2.40. The topological polar surface area (TPSA) is 19.9 Å². The Hall–Kier alpha value is 0.830. The van der Waals surface area contributed by atoms with Crippen LogP contribution < -0.4 is 0 Å². The van der Waals surface area contributed by atoms with Gasteiger partial charge in [-0.1, -0.05) is 23.2 Å². The maximum Gasteiger partial charge on any atom is 0.268 e. The van der Waals surface area contributed by atoms with E-state index in [1.807, 2.05) is 0 Å². The molecule has 1 nitrogen and oxygen atoms in total. The van der Waals surface area contributed by atoms with Gasteiger partial charge in [0.2, 0.25) is 0 Å². The van der Waals surface area contributed by atoms with E-state index in [2.05, 4.69) is 0 Å². The molecule has 0 amide bonds. The minimum Gasteiger partial charge on any atom is -0.192 e. The largest absolute Gasteiger partial charge is 0.268 e. The molecule has 0 spiro atoms. The lowest BCUT2D eigenvalue weighted by molar-refractivity contribution is 0.0923. The molecule has 0 aromatic rings. The van der Waals surface area contributed by atoms with Crippen molar-refractivity contribution in [2.45, 2.75) is 23.2 Å². The second-order valence-electron chi connectivity index (χ2n) is 1.99. The molecule has 0 saturated carbocycles. The molecule has 0 N–H and O–H groups in total. The molecule has 0 aliphatic carbocycles. The molecule has 0 atom stereocenters. The monoisotopic (exact) mass is 175 g/mol.